The predicted molar refractivity (Wildman–Crippen MR) is 158 cm³/mol. The number of thiophene rings is 1. The van der Waals surface area contributed by atoms with Crippen LogP contribution in [-0.4, -0.2) is 48.8 Å². The van der Waals surface area contributed by atoms with E-state index in [9.17, 15) is 14.4 Å². The van der Waals surface area contributed by atoms with Gasteiger partial charge in [0, 0.05) is 70.1 Å². The van der Waals surface area contributed by atoms with E-state index in [1.54, 1.807) is 6.20 Å². The molecule has 0 aromatic carbocycles. The van der Waals surface area contributed by atoms with Crippen molar-refractivity contribution in [2.45, 2.75) is 54.0 Å². The quantitative estimate of drug-likeness (QED) is 0.224. The lowest BCUT2D eigenvalue weighted by atomic mass is 9.82. The summed E-state index contributed by atoms with van der Waals surface area (Å²) in [5.41, 5.74) is 4.20. The van der Waals surface area contributed by atoms with Gasteiger partial charge in [-0.2, -0.15) is 0 Å². The molecule has 2 saturated heterocycles. The van der Waals surface area contributed by atoms with Crippen molar-refractivity contribution in [3.05, 3.63) is 40.5 Å². The van der Waals surface area contributed by atoms with E-state index in [1.165, 1.54) is 16.2 Å². The van der Waals surface area contributed by atoms with E-state index in [0.29, 0.717) is 5.69 Å². The Morgan fingerprint density at radius 2 is 1.92 bits per heavy atom. The van der Waals surface area contributed by atoms with Crippen molar-refractivity contribution in [3.63, 3.8) is 0 Å². The van der Waals surface area contributed by atoms with E-state index in [2.05, 4.69) is 36.3 Å². The molecule has 1 N–H and O–H groups in total. The lowest BCUT2D eigenvalue weighted by Crippen LogP contribution is -2.33. The number of imide groups is 1. The number of piperidine rings is 1. The number of pyridine rings is 2. The number of nitrogens with one attached hydrogen (secondary N) is 1. The summed E-state index contributed by atoms with van der Waals surface area (Å²) < 4.78 is 3.14. The van der Waals surface area contributed by atoms with Crippen LogP contribution in [0.25, 0.3) is 21.5 Å². The number of carbonyl (C=O) groups excluding carboxylic acids is 3. The fraction of sp³-hybridized carbons (Fsp3) is 0.464. The maximum absolute atomic E-state index is 13.3. The zero-order chi connectivity index (χ0) is 27.4. The van der Waals surface area contributed by atoms with E-state index in [1.807, 2.05) is 52.8 Å². The number of rotatable bonds is 5. The number of aromatic nitrogens is 2. The van der Waals surface area contributed by atoms with Crippen molar-refractivity contribution in [3.8, 4) is 11.3 Å². The zero-order valence-corrected chi connectivity index (χ0v) is 25.3. The number of hydrogen-bond donors (Lipinski definition) is 1. The fourth-order valence-electron chi connectivity index (χ4n) is 5.26. The van der Waals surface area contributed by atoms with E-state index in [-0.39, 0.29) is 36.1 Å². The Morgan fingerprint density at radius 1 is 1.21 bits per heavy atom. The number of halogens is 1. The standard InChI is InChI=1S/C28H32IN5O3S/c1-15-12-16(2)31-23(22(15)32-25(35)18-7-10-33(29)11-8-18)20-6-9-30-21-13-19(38-24(20)21)14-34-26(36)17(3)28(4,5)27(34)37/h6,9,12-13,17-18H,7-8,10-11,14H2,1-5H3,(H,32,35). The van der Waals surface area contributed by atoms with E-state index in [0.717, 1.165) is 63.5 Å². The maximum atomic E-state index is 13.3. The van der Waals surface area contributed by atoms with Crippen molar-refractivity contribution in [2.75, 3.05) is 18.4 Å². The second-order valence-electron chi connectivity index (χ2n) is 10.9. The highest BCUT2D eigenvalue weighted by atomic mass is 127. The highest BCUT2D eigenvalue weighted by Crippen LogP contribution is 2.41. The van der Waals surface area contributed by atoms with Gasteiger partial charge < -0.3 is 5.32 Å². The molecule has 2 aliphatic heterocycles. The van der Waals surface area contributed by atoms with E-state index < -0.39 is 5.41 Å². The molecule has 10 heteroatoms. The molecular weight excluding hydrogens is 613 g/mol. The van der Waals surface area contributed by atoms with Gasteiger partial charge in [-0.3, -0.25) is 29.3 Å². The lowest BCUT2D eigenvalue weighted by Gasteiger charge is -2.27. The van der Waals surface area contributed by atoms with Crippen LogP contribution in [0.2, 0.25) is 0 Å². The minimum absolute atomic E-state index is 0.0254. The molecule has 3 aromatic rings. The smallest absolute Gasteiger partial charge is 0.235 e. The van der Waals surface area contributed by atoms with Crippen molar-refractivity contribution >= 4 is 67.8 Å². The van der Waals surface area contributed by atoms with E-state index >= 15 is 0 Å². The van der Waals surface area contributed by atoms with Crippen molar-refractivity contribution in [2.24, 2.45) is 17.3 Å². The molecule has 1 unspecified atom stereocenters. The molecule has 2 fully saturated rings. The summed E-state index contributed by atoms with van der Waals surface area (Å²) in [7, 11) is 0. The molecule has 3 aromatic heterocycles. The number of amides is 3. The Morgan fingerprint density at radius 3 is 2.58 bits per heavy atom. The van der Waals surface area contributed by atoms with Crippen LogP contribution in [0.1, 0.15) is 49.7 Å². The minimum Gasteiger partial charge on any atom is -0.324 e. The van der Waals surface area contributed by atoms with Gasteiger partial charge in [-0.25, -0.2) is 3.11 Å². The molecule has 0 aliphatic carbocycles. The third kappa shape index (κ3) is 4.86. The number of fused-ring (bicyclic) bond motifs is 1. The SMILES string of the molecule is Cc1cc(C)c(NC(=O)C2CCN(I)CC2)c(-c2ccnc3cc(CN4C(=O)C(C)C(C)(C)C4=O)sc23)n1. The lowest BCUT2D eigenvalue weighted by molar-refractivity contribution is -0.141. The summed E-state index contributed by atoms with van der Waals surface area (Å²) in [5.74, 6) is -0.630. The Bertz CT molecular complexity index is 1440. The molecule has 0 saturated carbocycles. The first-order chi connectivity index (χ1) is 18.0. The number of anilines is 1. The maximum Gasteiger partial charge on any atom is 0.235 e. The molecular formula is C28H32IN5O3S. The minimum atomic E-state index is -0.708. The van der Waals surface area contributed by atoms with Crippen molar-refractivity contribution in [1.82, 2.24) is 18.0 Å². The van der Waals surface area contributed by atoms with Crippen LogP contribution in [0.3, 0.4) is 0 Å². The summed E-state index contributed by atoms with van der Waals surface area (Å²) in [4.78, 5) is 50.8. The van der Waals surface area contributed by atoms with E-state index in [4.69, 9.17) is 4.98 Å². The monoisotopic (exact) mass is 645 g/mol. The molecule has 0 radical (unpaired) electrons. The molecule has 200 valence electrons. The van der Waals surface area contributed by atoms with Crippen LogP contribution in [0, 0.1) is 31.1 Å². The van der Waals surface area contributed by atoms with Gasteiger partial charge in [0.1, 0.15) is 0 Å². The van der Waals surface area contributed by atoms with Crippen LogP contribution in [-0.2, 0) is 20.9 Å². The summed E-state index contributed by atoms with van der Waals surface area (Å²) in [6, 6.07) is 5.85. The number of hydrogen-bond acceptors (Lipinski definition) is 7. The number of likely N-dealkylation sites (tertiary alicyclic amines) is 1. The normalized spacial score (nSPS) is 20.5. The average molecular weight is 646 g/mol. The van der Waals surface area contributed by atoms with Crippen molar-refractivity contribution in [1.29, 1.82) is 0 Å². The molecule has 2 aliphatic rings. The van der Waals surface area contributed by atoms with Crippen LogP contribution in [0.5, 0.6) is 0 Å². The Balaban J connectivity index is 1.50. The first kappa shape index (κ1) is 27.1. The third-order valence-corrected chi connectivity index (χ3v) is 10.1. The fourth-order valence-corrected chi connectivity index (χ4v) is 6.93. The van der Waals surface area contributed by atoms with Gasteiger partial charge in [-0.1, -0.05) is 20.8 Å². The van der Waals surface area contributed by atoms with Gasteiger partial charge in [0.25, 0.3) is 0 Å². The zero-order valence-electron chi connectivity index (χ0n) is 22.3. The molecule has 0 spiro atoms. The van der Waals surface area contributed by atoms with Crippen LogP contribution < -0.4 is 5.32 Å². The van der Waals surface area contributed by atoms with Gasteiger partial charge in [-0.05, 0) is 50.5 Å². The second-order valence-corrected chi connectivity index (χ2v) is 13.4. The largest absolute Gasteiger partial charge is 0.324 e. The van der Waals surface area contributed by atoms with Gasteiger partial charge >= 0.3 is 0 Å². The van der Waals surface area contributed by atoms with Crippen LogP contribution in [0.15, 0.2) is 24.4 Å². The molecule has 5 rings (SSSR count). The summed E-state index contributed by atoms with van der Waals surface area (Å²) in [5, 5.41) is 3.21. The highest BCUT2D eigenvalue weighted by Gasteiger charge is 2.51. The second kappa shape index (κ2) is 10.3. The summed E-state index contributed by atoms with van der Waals surface area (Å²) in [6.07, 6.45) is 3.41. The van der Waals surface area contributed by atoms with Gasteiger partial charge in [-0.15, -0.1) is 11.3 Å². The first-order valence-corrected chi connectivity index (χ1v) is 14.7. The molecule has 3 amide bonds. The van der Waals surface area contributed by atoms with Crippen LogP contribution in [0.4, 0.5) is 5.69 Å². The molecule has 38 heavy (non-hydrogen) atoms. The molecule has 8 nitrogen and oxygen atoms in total. The molecule has 0 bridgehead atoms. The van der Waals surface area contributed by atoms with Gasteiger partial charge in [0.05, 0.1) is 33.6 Å². The Hall–Kier alpha value is -2.44. The number of aryl methyl sites for hydroxylation is 2. The molecule has 5 heterocycles. The predicted octanol–water partition coefficient (Wildman–Crippen LogP) is 5.51. The van der Waals surface area contributed by atoms with Gasteiger partial charge in [0.15, 0.2) is 0 Å². The Kier molecular flexibility index (Phi) is 7.34. The summed E-state index contributed by atoms with van der Waals surface area (Å²) >= 11 is 3.82. The number of nitrogens with zero attached hydrogens (tertiary/aromatic N) is 4. The Labute approximate surface area is 240 Å². The van der Waals surface area contributed by atoms with Crippen molar-refractivity contribution < 1.29 is 14.4 Å². The highest BCUT2D eigenvalue weighted by molar-refractivity contribution is 14.1. The topological polar surface area (TPSA) is 95.5 Å². The first-order valence-electron chi connectivity index (χ1n) is 12.9. The summed E-state index contributed by atoms with van der Waals surface area (Å²) in [6.45, 7) is 11.4. The van der Waals surface area contributed by atoms with Gasteiger partial charge in [0.2, 0.25) is 17.7 Å². The van der Waals surface area contributed by atoms with Crippen LogP contribution >= 0.6 is 34.2 Å². The molecule has 1 atom stereocenters. The number of carbonyl (C=O) groups is 3. The third-order valence-electron chi connectivity index (χ3n) is 7.95. The average Bonchev–Trinajstić information content (AvgIpc) is 3.35.